The fourth-order valence-electron chi connectivity index (χ4n) is 3.35. The fraction of sp³-hybridized carbons (Fsp3) is 0.579. The van der Waals surface area contributed by atoms with E-state index in [0.29, 0.717) is 11.7 Å². The van der Waals surface area contributed by atoms with Crippen LogP contribution in [0.25, 0.3) is 0 Å². The number of amides is 1. The molecule has 0 spiro atoms. The van der Waals surface area contributed by atoms with Gasteiger partial charge in [-0.05, 0) is 36.1 Å². The number of nitrogens with one attached hydrogen (secondary N) is 2. The maximum Gasteiger partial charge on any atom is 0.223 e. The van der Waals surface area contributed by atoms with Crippen LogP contribution in [0.2, 0.25) is 0 Å². The lowest BCUT2D eigenvalue weighted by Gasteiger charge is -2.17. The molecule has 1 aromatic rings. The normalized spacial score (nSPS) is 19.8. The minimum Gasteiger partial charge on any atom is -0.356 e. The zero-order valence-corrected chi connectivity index (χ0v) is 15.8. The molecule has 2 N–H and O–H groups in total. The van der Waals surface area contributed by atoms with Gasteiger partial charge in [0, 0.05) is 44.9 Å². The number of carbonyl (C=O) groups excluding carboxylic acids is 1. The summed E-state index contributed by atoms with van der Waals surface area (Å²) in [7, 11) is 1.80. The first-order valence-corrected chi connectivity index (χ1v) is 10.2. The highest BCUT2D eigenvalue weighted by Gasteiger charge is 2.22. The molecule has 1 unspecified atom stereocenters. The molecule has 0 bridgehead atoms. The molecular weight excluding hydrogens is 332 g/mol. The summed E-state index contributed by atoms with van der Waals surface area (Å²) in [4.78, 5) is 18.6. The number of carbonyl (C=O) groups is 1. The SMILES string of the molecule is CN=C(NCCCC(=O)N1Cc2ccccc2C1)NCC1CCCS1. The van der Waals surface area contributed by atoms with Crippen molar-refractivity contribution in [1.82, 2.24) is 15.5 Å². The molecule has 1 amide bonds. The van der Waals surface area contributed by atoms with Crippen LogP contribution in [0.3, 0.4) is 0 Å². The molecule has 1 atom stereocenters. The van der Waals surface area contributed by atoms with Crippen molar-refractivity contribution in [3.05, 3.63) is 35.4 Å². The van der Waals surface area contributed by atoms with Crippen LogP contribution in [-0.4, -0.2) is 47.9 Å². The molecule has 136 valence electrons. The number of hydrogen-bond donors (Lipinski definition) is 2. The Bertz CT molecular complexity index is 588. The van der Waals surface area contributed by atoms with Gasteiger partial charge in [-0.1, -0.05) is 24.3 Å². The van der Waals surface area contributed by atoms with E-state index in [1.165, 1.54) is 29.7 Å². The van der Waals surface area contributed by atoms with Gasteiger partial charge < -0.3 is 15.5 Å². The first-order chi connectivity index (χ1) is 12.3. The second-order valence-corrected chi connectivity index (χ2v) is 8.05. The zero-order valence-electron chi connectivity index (χ0n) is 15.0. The average molecular weight is 361 g/mol. The van der Waals surface area contributed by atoms with E-state index >= 15 is 0 Å². The van der Waals surface area contributed by atoms with Gasteiger partial charge in [0.1, 0.15) is 0 Å². The molecule has 2 aliphatic rings. The Labute approximate surface area is 154 Å². The zero-order chi connectivity index (χ0) is 17.5. The highest BCUT2D eigenvalue weighted by Crippen LogP contribution is 2.25. The van der Waals surface area contributed by atoms with Crippen molar-refractivity contribution in [3.63, 3.8) is 0 Å². The lowest BCUT2D eigenvalue weighted by atomic mass is 10.1. The van der Waals surface area contributed by atoms with E-state index < -0.39 is 0 Å². The van der Waals surface area contributed by atoms with Crippen LogP contribution in [0.1, 0.15) is 36.8 Å². The molecule has 3 rings (SSSR count). The predicted octanol–water partition coefficient (Wildman–Crippen LogP) is 2.37. The molecule has 0 aliphatic carbocycles. The number of rotatable bonds is 6. The van der Waals surface area contributed by atoms with Crippen LogP contribution in [0.4, 0.5) is 0 Å². The molecular formula is C19H28N4OS. The monoisotopic (exact) mass is 360 g/mol. The number of hydrogen-bond acceptors (Lipinski definition) is 3. The van der Waals surface area contributed by atoms with Gasteiger partial charge in [-0.3, -0.25) is 9.79 Å². The number of nitrogens with zero attached hydrogens (tertiary/aromatic N) is 2. The van der Waals surface area contributed by atoms with E-state index in [9.17, 15) is 4.79 Å². The second-order valence-electron chi connectivity index (χ2n) is 6.64. The summed E-state index contributed by atoms with van der Waals surface area (Å²) in [6, 6.07) is 8.31. The molecule has 2 aliphatic heterocycles. The van der Waals surface area contributed by atoms with Crippen LogP contribution in [0.5, 0.6) is 0 Å². The van der Waals surface area contributed by atoms with Crippen LogP contribution < -0.4 is 10.6 Å². The van der Waals surface area contributed by atoms with E-state index in [1.54, 1.807) is 7.05 Å². The fourth-order valence-corrected chi connectivity index (χ4v) is 4.55. The van der Waals surface area contributed by atoms with E-state index in [0.717, 1.165) is 38.6 Å². The summed E-state index contributed by atoms with van der Waals surface area (Å²) in [5.41, 5.74) is 2.56. The predicted molar refractivity (Wildman–Crippen MR) is 105 cm³/mol. The third kappa shape index (κ3) is 5.14. The highest BCUT2D eigenvalue weighted by atomic mass is 32.2. The van der Waals surface area contributed by atoms with Gasteiger partial charge >= 0.3 is 0 Å². The summed E-state index contributed by atoms with van der Waals surface area (Å²) in [5, 5.41) is 7.41. The maximum absolute atomic E-state index is 12.4. The van der Waals surface area contributed by atoms with Crippen molar-refractivity contribution >= 4 is 23.6 Å². The van der Waals surface area contributed by atoms with Crippen molar-refractivity contribution in [1.29, 1.82) is 0 Å². The number of fused-ring (bicyclic) bond motifs is 1. The lowest BCUT2D eigenvalue weighted by molar-refractivity contribution is -0.131. The summed E-state index contributed by atoms with van der Waals surface area (Å²) in [6.07, 6.45) is 4.02. The second kappa shape index (κ2) is 9.13. The van der Waals surface area contributed by atoms with Crippen LogP contribution in [0, 0.1) is 0 Å². The van der Waals surface area contributed by atoms with Gasteiger partial charge in [-0.25, -0.2) is 0 Å². The average Bonchev–Trinajstić information content (AvgIpc) is 3.30. The molecule has 0 radical (unpaired) electrons. The quantitative estimate of drug-likeness (QED) is 0.465. The molecule has 1 aromatic carbocycles. The van der Waals surface area contributed by atoms with Gasteiger partial charge in [0.05, 0.1) is 0 Å². The van der Waals surface area contributed by atoms with E-state index in [-0.39, 0.29) is 5.91 Å². The number of thioether (sulfide) groups is 1. The molecule has 0 saturated carbocycles. The summed E-state index contributed by atoms with van der Waals surface area (Å²) in [6.45, 7) is 3.24. The van der Waals surface area contributed by atoms with Gasteiger partial charge in [0.25, 0.3) is 0 Å². The maximum atomic E-state index is 12.4. The Morgan fingerprint density at radius 1 is 1.28 bits per heavy atom. The Balaban J connectivity index is 1.32. The molecule has 1 fully saturated rings. The number of aliphatic imine (C=N–C) groups is 1. The van der Waals surface area contributed by atoms with Crippen LogP contribution in [0.15, 0.2) is 29.3 Å². The largest absolute Gasteiger partial charge is 0.356 e. The molecule has 5 nitrogen and oxygen atoms in total. The van der Waals surface area contributed by atoms with Gasteiger partial charge in [-0.2, -0.15) is 11.8 Å². The van der Waals surface area contributed by atoms with Crippen molar-refractivity contribution in [3.8, 4) is 0 Å². The summed E-state index contributed by atoms with van der Waals surface area (Å²) >= 11 is 2.04. The lowest BCUT2D eigenvalue weighted by Crippen LogP contribution is -2.40. The van der Waals surface area contributed by atoms with E-state index in [1.807, 2.05) is 28.8 Å². The van der Waals surface area contributed by atoms with Crippen LogP contribution in [-0.2, 0) is 17.9 Å². The van der Waals surface area contributed by atoms with Crippen LogP contribution >= 0.6 is 11.8 Å². The van der Waals surface area contributed by atoms with Crippen molar-refractivity contribution in [2.75, 3.05) is 25.9 Å². The standard InChI is InChI=1S/C19H28N4OS/c1-20-19(22-12-17-8-5-11-25-17)21-10-4-9-18(24)23-13-15-6-2-3-7-16(15)14-23/h2-3,6-7,17H,4-5,8-14H2,1H3,(H2,20,21,22). The Hall–Kier alpha value is -1.69. The van der Waals surface area contributed by atoms with E-state index in [4.69, 9.17) is 0 Å². The Kier molecular flexibility index (Phi) is 6.62. The smallest absolute Gasteiger partial charge is 0.223 e. The van der Waals surface area contributed by atoms with Gasteiger partial charge in [0.15, 0.2) is 5.96 Å². The van der Waals surface area contributed by atoms with E-state index in [2.05, 4.69) is 27.8 Å². The summed E-state index contributed by atoms with van der Waals surface area (Å²) < 4.78 is 0. The molecule has 1 saturated heterocycles. The minimum atomic E-state index is 0.239. The van der Waals surface area contributed by atoms with Gasteiger partial charge in [0.2, 0.25) is 5.91 Å². The summed E-state index contributed by atoms with van der Waals surface area (Å²) in [5.74, 6) is 2.36. The molecule has 2 heterocycles. The van der Waals surface area contributed by atoms with Gasteiger partial charge in [-0.15, -0.1) is 0 Å². The first-order valence-electron chi connectivity index (χ1n) is 9.17. The molecule has 6 heteroatoms. The molecule has 25 heavy (non-hydrogen) atoms. The highest BCUT2D eigenvalue weighted by molar-refractivity contribution is 8.00. The Morgan fingerprint density at radius 2 is 2.04 bits per heavy atom. The number of benzene rings is 1. The van der Waals surface area contributed by atoms with Crippen molar-refractivity contribution in [2.24, 2.45) is 4.99 Å². The third-order valence-corrected chi connectivity index (χ3v) is 6.20. The first kappa shape index (κ1) is 18.1. The minimum absolute atomic E-state index is 0.239. The third-order valence-electron chi connectivity index (χ3n) is 4.80. The van der Waals surface area contributed by atoms with Crippen molar-refractivity contribution < 1.29 is 4.79 Å². The Morgan fingerprint density at radius 3 is 2.68 bits per heavy atom. The van der Waals surface area contributed by atoms with Crippen molar-refractivity contribution in [2.45, 2.75) is 44.0 Å². The topological polar surface area (TPSA) is 56.7 Å². The molecule has 0 aromatic heterocycles. The number of guanidine groups is 1.